The Labute approximate surface area is 165 Å². The highest BCUT2D eigenvalue weighted by molar-refractivity contribution is 9.10. The quantitative estimate of drug-likeness (QED) is 0.591. The van der Waals surface area contributed by atoms with Crippen LogP contribution >= 0.6 is 27.5 Å². The molecule has 1 aromatic heterocycles. The number of aromatic nitrogens is 2. The Morgan fingerprint density at radius 3 is 2.62 bits per heavy atom. The molecule has 0 unspecified atom stereocenters. The molecule has 0 aliphatic heterocycles. The number of carbonyl (C=O) groups excluding carboxylic acids is 1. The molecule has 3 rings (SSSR count). The molecule has 0 bridgehead atoms. The molecule has 134 valence electrons. The monoisotopic (exact) mass is 433 g/mol. The largest absolute Gasteiger partial charge is 0.496 e. The van der Waals surface area contributed by atoms with Crippen molar-refractivity contribution < 1.29 is 9.53 Å². The van der Waals surface area contributed by atoms with Crippen LogP contribution in [-0.4, -0.2) is 34.7 Å². The minimum atomic E-state index is -0.0831. The van der Waals surface area contributed by atoms with Gasteiger partial charge in [-0.15, -0.1) is 0 Å². The zero-order valence-electron chi connectivity index (χ0n) is 14.3. The first kappa shape index (κ1) is 18.5. The summed E-state index contributed by atoms with van der Waals surface area (Å²) in [5.41, 5.74) is 2.34. The third kappa shape index (κ3) is 4.08. The van der Waals surface area contributed by atoms with E-state index in [1.54, 1.807) is 54.2 Å². The van der Waals surface area contributed by atoms with Crippen LogP contribution in [0.3, 0.4) is 0 Å². The fourth-order valence-corrected chi connectivity index (χ4v) is 3.10. The molecule has 0 N–H and O–H groups in total. The van der Waals surface area contributed by atoms with Gasteiger partial charge in [-0.2, -0.15) is 5.10 Å². The third-order valence-corrected chi connectivity index (χ3v) is 4.57. The summed E-state index contributed by atoms with van der Waals surface area (Å²) in [6, 6.07) is 12.7. The second-order valence-corrected chi connectivity index (χ2v) is 7.12. The Hall–Kier alpha value is -2.31. The van der Waals surface area contributed by atoms with Crippen molar-refractivity contribution in [3.63, 3.8) is 0 Å². The van der Waals surface area contributed by atoms with Gasteiger partial charge in [0, 0.05) is 35.9 Å². The lowest BCUT2D eigenvalue weighted by Gasteiger charge is -2.19. The Morgan fingerprint density at radius 2 is 2.00 bits per heavy atom. The van der Waals surface area contributed by atoms with Crippen molar-refractivity contribution in [2.24, 2.45) is 0 Å². The van der Waals surface area contributed by atoms with Gasteiger partial charge in [-0.25, -0.2) is 4.68 Å². The van der Waals surface area contributed by atoms with Crippen molar-refractivity contribution in [1.29, 1.82) is 0 Å². The molecule has 0 saturated carbocycles. The van der Waals surface area contributed by atoms with Crippen molar-refractivity contribution in [2.45, 2.75) is 6.54 Å². The summed E-state index contributed by atoms with van der Waals surface area (Å²) >= 11 is 9.43. The first-order chi connectivity index (χ1) is 12.5. The van der Waals surface area contributed by atoms with Gasteiger partial charge in [0.1, 0.15) is 5.75 Å². The summed E-state index contributed by atoms with van der Waals surface area (Å²) in [6.45, 7) is 0.399. The van der Waals surface area contributed by atoms with Gasteiger partial charge in [0.15, 0.2) is 0 Å². The molecule has 7 heteroatoms. The van der Waals surface area contributed by atoms with Crippen LogP contribution in [0.5, 0.6) is 5.75 Å². The number of carbonyl (C=O) groups is 1. The van der Waals surface area contributed by atoms with Crippen molar-refractivity contribution in [1.82, 2.24) is 14.7 Å². The van der Waals surface area contributed by atoms with E-state index in [0.29, 0.717) is 22.9 Å². The molecule has 0 atom stereocenters. The fraction of sp³-hybridized carbons (Fsp3) is 0.158. The summed E-state index contributed by atoms with van der Waals surface area (Å²) < 4.78 is 7.97. The maximum absolute atomic E-state index is 12.7. The van der Waals surface area contributed by atoms with Crippen LogP contribution in [0.15, 0.2) is 59.3 Å². The molecular formula is C19H17BrClN3O2. The van der Waals surface area contributed by atoms with Crippen LogP contribution in [0.4, 0.5) is 0 Å². The van der Waals surface area contributed by atoms with Gasteiger partial charge in [-0.3, -0.25) is 4.79 Å². The molecule has 5 nitrogen and oxygen atoms in total. The highest BCUT2D eigenvalue weighted by atomic mass is 79.9. The number of methoxy groups -OCH3 is 1. The molecule has 0 aliphatic rings. The Balaban J connectivity index is 1.75. The maximum atomic E-state index is 12.7. The highest BCUT2D eigenvalue weighted by Gasteiger charge is 2.15. The molecule has 1 heterocycles. The van der Waals surface area contributed by atoms with E-state index < -0.39 is 0 Å². The summed E-state index contributed by atoms with van der Waals surface area (Å²) in [6.07, 6.45) is 3.57. The summed E-state index contributed by atoms with van der Waals surface area (Å²) in [5, 5.41) is 4.83. The standard InChI is InChI=1S/C19H17BrClN3O2/c1-23(11-14-9-16(21)5-8-18(14)26-2)19(25)13-3-6-17(7-4-13)24-12-15(20)10-22-24/h3-10,12H,11H2,1-2H3. The van der Waals surface area contributed by atoms with Crippen LogP contribution in [0.1, 0.15) is 15.9 Å². The van der Waals surface area contributed by atoms with Gasteiger partial charge in [-0.05, 0) is 58.4 Å². The van der Waals surface area contributed by atoms with Crippen LogP contribution in [0.25, 0.3) is 5.69 Å². The zero-order valence-corrected chi connectivity index (χ0v) is 16.7. The van der Waals surface area contributed by atoms with Gasteiger partial charge in [0.2, 0.25) is 0 Å². The lowest BCUT2D eigenvalue weighted by Crippen LogP contribution is -2.26. The average molecular weight is 435 g/mol. The number of ether oxygens (including phenoxy) is 1. The fourth-order valence-electron chi connectivity index (χ4n) is 2.62. The number of amides is 1. The van der Waals surface area contributed by atoms with E-state index in [4.69, 9.17) is 16.3 Å². The lowest BCUT2D eigenvalue weighted by atomic mass is 10.1. The number of hydrogen-bond donors (Lipinski definition) is 0. The molecular weight excluding hydrogens is 418 g/mol. The Morgan fingerprint density at radius 1 is 1.27 bits per heavy atom. The molecule has 26 heavy (non-hydrogen) atoms. The third-order valence-electron chi connectivity index (χ3n) is 3.93. The molecule has 0 fully saturated rings. The molecule has 0 radical (unpaired) electrons. The second-order valence-electron chi connectivity index (χ2n) is 5.77. The molecule has 0 spiro atoms. The van der Waals surface area contributed by atoms with Gasteiger partial charge < -0.3 is 9.64 Å². The Kier molecular flexibility index (Phi) is 5.64. The van der Waals surface area contributed by atoms with E-state index in [0.717, 1.165) is 15.7 Å². The molecule has 3 aromatic rings. The van der Waals surface area contributed by atoms with E-state index >= 15 is 0 Å². The van der Waals surface area contributed by atoms with Crippen LogP contribution in [0, 0.1) is 0 Å². The average Bonchev–Trinajstić information content (AvgIpc) is 3.08. The normalized spacial score (nSPS) is 10.6. The van der Waals surface area contributed by atoms with E-state index in [9.17, 15) is 4.79 Å². The number of hydrogen-bond acceptors (Lipinski definition) is 3. The first-order valence-electron chi connectivity index (χ1n) is 7.86. The van der Waals surface area contributed by atoms with E-state index in [1.165, 1.54) is 0 Å². The highest BCUT2D eigenvalue weighted by Crippen LogP contribution is 2.24. The van der Waals surface area contributed by atoms with Crippen LogP contribution < -0.4 is 4.74 Å². The number of nitrogens with zero attached hydrogens (tertiary/aromatic N) is 3. The van der Waals surface area contributed by atoms with Gasteiger partial charge in [0.05, 0.1) is 23.5 Å². The number of benzene rings is 2. The molecule has 0 aliphatic carbocycles. The number of halogens is 2. The Bertz CT molecular complexity index is 925. The summed E-state index contributed by atoms with van der Waals surface area (Å²) in [7, 11) is 3.35. The first-order valence-corrected chi connectivity index (χ1v) is 9.03. The van der Waals surface area contributed by atoms with Gasteiger partial charge in [0.25, 0.3) is 5.91 Å². The number of rotatable bonds is 5. The maximum Gasteiger partial charge on any atom is 0.253 e. The van der Waals surface area contributed by atoms with Crippen molar-refractivity contribution >= 4 is 33.4 Å². The molecule has 1 amide bonds. The van der Waals surface area contributed by atoms with E-state index in [-0.39, 0.29) is 5.91 Å². The van der Waals surface area contributed by atoms with Crippen molar-refractivity contribution in [3.05, 3.63) is 75.5 Å². The van der Waals surface area contributed by atoms with Gasteiger partial charge in [-0.1, -0.05) is 11.6 Å². The van der Waals surface area contributed by atoms with Crippen LogP contribution in [0.2, 0.25) is 5.02 Å². The predicted octanol–water partition coefficient (Wildman–Crippen LogP) is 4.57. The lowest BCUT2D eigenvalue weighted by molar-refractivity contribution is 0.0784. The molecule has 2 aromatic carbocycles. The second kappa shape index (κ2) is 7.93. The smallest absolute Gasteiger partial charge is 0.253 e. The topological polar surface area (TPSA) is 47.4 Å². The molecule has 0 saturated heterocycles. The van der Waals surface area contributed by atoms with E-state index in [1.807, 2.05) is 24.4 Å². The minimum absolute atomic E-state index is 0.0831. The minimum Gasteiger partial charge on any atom is -0.496 e. The summed E-state index contributed by atoms with van der Waals surface area (Å²) in [5.74, 6) is 0.619. The summed E-state index contributed by atoms with van der Waals surface area (Å²) in [4.78, 5) is 14.3. The van der Waals surface area contributed by atoms with Gasteiger partial charge >= 0.3 is 0 Å². The van der Waals surface area contributed by atoms with Crippen LogP contribution in [-0.2, 0) is 6.54 Å². The predicted molar refractivity (Wildman–Crippen MR) is 105 cm³/mol. The SMILES string of the molecule is COc1ccc(Cl)cc1CN(C)C(=O)c1ccc(-n2cc(Br)cn2)cc1. The van der Waals surface area contributed by atoms with E-state index in [2.05, 4.69) is 21.0 Å². The van der Waals surface area contributed by atoms with Crippen molar-refractivity contribution in [3.8, 4) is 11.4 Å². The van der Waals surface area contributed by atoms with Crippen molar-refractivity contribution in [2.75, 3.05) is 14.2 Å². The zero-order chi connectivity index (χ0) is 18.7.